The van der Waals surface area contributed by atoms with E-state index in [0.29, 0.717) is 23.7 Å². The van der Waals surface area contributed by atoms with Gasteiger partial charge in [-0.05, 0) is 37.5 Å². The molecule has 3 rings (SSSR count). The monoisotopic (exact) mass is 292 g/mol. The third-order valence-electron chi connectivity index (χ3n) is 4.13. The van der Waals surface area contributed by atoms with Gasteiger partial charge in [0.2, 0.25) is 5.91 Å². The van der Waals surface area contributed by atoms with Crippen LogP contribution in [0.25, 0.3) is 0 Å². The van der Waals surface area contributed by atoms with Crippen molar-refractivity contribution in [2.24, 2.45) is 0 Å². The number of halogens is 1. The van der Waals surface area contributed by atoms with Gasteiger partial charge in [-0.2, -0.15) is 0 Å². The Hall–Kier alpha value is -1.55. The average Bonchev–Trinajstić information content (AvgIpc) is 2.92. The molecule has 1 aromatic carbocycles. The van der Waals surface area contributed by atoms with E-state index in [2.05, 4.69) is 0 Å². The largest absolute Gasteiger partial charge is 0.329 e. The molecule has 0 aromatic heterocycles. The van der Waals surface area contributed by atoms with E-state index in [1.54, 1.807) is 21.9 Å². The van der Waals surface area contributed by atoms with Crippen LogP contribution >= 0.6 is 11.6 Å². The number of carbonyl (C=O) groups is 2. The van der Waals surface area contributed by atoms with E-state index in [1.165, 1.54) is 0 Å². The maximum absolute atomic E-state index is 12.7. The van der Waals surface area contributed by atoms with Crippen molar-refractivity contribution >= 4 is 29.1 Å². The second-order valence-electron chi connectivity index (χ2n) is 5.30. The first-order valence-electron chi connectivity index (χ1n) is 7.02. The first-order chi connectivity index (χ1) is 9.63. The Bertz CT molecular complexity index is 561. The number of fused-ring (bicyclic) bond motifs is 1. The smallest absolute Gasteiger partial charge is 0.250 e. The zero-order valence-corrected chi connectivity index (χ0v) is 12.1. The van der Waals surface area contributed by atoms with Gasteiger partial charge in [-0.3, -0.25) is 14.5 Å². The molecule has 2 aliphatic rings. The molecular formula is C15H17ClN2O2. The Morgan fingerprint density at radius 1 is 1.30 bits per heavy atom. The molecule has 2 saturated heterocycles. The second kappa shape index (κ2) is 5.09. The fraction of sp³-hybridized carbons (Fsp3) is 0.467. The number of nitrogens with zero attached hydrogens (tertiary/aromatic N) is 2. The van der Waals surface area contributed by atoms with E-state index < -0.39 is 6.04 Å². The number of carbonyl (C=O) groups excluding carboxylic acids is 2. The summed E-state index contributed by atoms with van der Waals surface area (Å²) in [4.78, 5) is 28.7. The van der Waals surface area contributed by atoms with Crippen molar-refractivity contribution in [1.29, 1.82) is 0 Å². The van der Waals surface area contributed by atoms with Gasteiger partial charge >= 0.3 is 0 Å². The third-order valence-corrected chi connectivity index (χ3v) is 4.36. The van der Waals surface area contributed by atoms with Gasteiger partial charge in [-0.25, -0.2) is 0 Å². The molecule has 0 N–H and O–H groups in total. The van der Waals surface area contributed by atoms with Crippen molar-refractivity contribution in [1.82, 2.24) is 4.90 Å². The predicted octanol–water partition coefficient (Wildman–Crippen LogP) is 2.46. The van der Waals surface area contributed by atoms with Crippen molar-refractivity contribution in [3.63, 3.8) is 0 Å². The standard InChI is InChI=1S/C15H17ClN2O2/c1-2-12-14(19)17-8-4-7-13(17)15(20)18(12)11-6-3-5-10(16)9-11/h3,5-6,9,12-13H,2,4,7-8H2,1H3. The van der Waals surface area contributed by atoms with Crippen LogP contribution in [0.1, 0.15) is 26.2 Å². The lowest BCUT2D eigenvalue weighted by atomic mass is 10.0. The van der Waals surface area contributed by atoms with Crippen LogP contribution in [0.15, 0.2) is 24.3 Å². The quantitative estimate of drug-likeness (QED) is 0.840. The fourth-order valence-electron chi connectivity index (χ4n) is 3.19. The molecule has 2 atom stereocenters. The van der Waals surface area contributed by atoms with Gasteiger partial charge in [0.05, 0.1) is 0 Å². The van der Waals surface area contributed by atoms with E-state index >= 15 is 0 Å². The highest BCUT2D eigenvalue weighted by Crippen LogP contribution is 2.32. The minimum Gasteiger partial charge on any atom is -0.329 e. The third kappa shape index (κ3) is 1.99. The van der Waals surface area contributed by atoms with Crippen LogP contribution in [-0.2, 0) is 9.59 Å². The van der Waals surface area contributed by atoms with Crippen LogP contribution in [-0.4, -0.2) is 35.3 Å². The lowest BCUT2D eigenvalue weighted by Gasteiger charge is -2.42. The summed E-state index contributed by atoms with van der Waals surface area (Å²) in [6.07, 6.45) is 2.28. The molecule has 0 radical (unpaired) electrons. The van der Waals surface area contributed by atoms with E-state index in [-0.39, 0.29) is 17.9 Å². The molecule has 0 saturated carbocycles. The normalized spacial score (nSPS) is 26.1. The van der Waals surface area contributed by atoms with Crippen molar-refractivity contribution in [2.75, 3.05) is 11.4 Å². The maximum atomic E-state index is 12.7. The zero-order chi connectivity index (χ0) is 14.3. The maximum Gasteiger partial charge on any atom is 0.250 e. The van der Waals surface area contributed by atoms with Gasteiger partial charge in [0.25, 0.3) is 5.91 Å². The lowest BCUT2D eigenvalue weighted by molar-refractivity contribution is -0.144. The summed E-state index contributed by atoms with van der Waals surface area (Å²) in [7, 11) is 0. The molecule has 4 nitrogen and oxygen atoms in total. The molecular weight excluding hydrogens is 276 g/mol. The van der Waals surface area contributed by atoms with Crippen LogP contribution in [0.3, 0.4) is 0 Å². The number of hydrogen-bond donors (Lipinski definition) is 0. The number of benzene rings is 1. The summed E-state index contributed by atoms with van der Waals surface area (Å²) in [5.41, 5.74) is 0.717. The van der Waals surface area contributed by atoms with E-state index in [1.807, 2.05) is 19.1 Å². The summed E-state index contributed by atoms with van der Waals surface area (Å²) < 4.78 is 0. The van der Waals surface area contributed by atoms with Crippen molar-refractivity contribution in [3.05, 3.63) is 29.3 Å². The first kappa shape index (κ1) is 13.4. The lowest BCUT2D eigenvalue weighted by Crippen LogP contribution is -2.63. The predicted molar refractivity (Wildman–Crippen MR) is 77.8 cm³/mol. The Labute approximate surface area is 123 Å². The molecule has 106 valence electrons. The summed E-state index contributed by atoms with van der Waals surface area (Å²) in [6, 6.07) is 6.47. The van der Waals surface area contributed by atoms with Crippen LogP contribution in [0.4, 0.5) is 5.69 Å². The van der Waals surface area contributed by atoms with E-state index in [9.17, 15) is 9.59 Å². The minimum absolute atomic E-state index is 0.0243. The van der Waals surface area contributed by atoms with Crippen LogP contribution in [0.5, 0.6) is 0 Å². The summed E-state index contributed by atoms with van der Waals surface area (Å²) in [6.45, 7) is 2.64. The van der Waals surface area contributed by atoms with E-state index in [4.69, 9.17) is 11.6 Å². The zero-order valence-electron chi connectivity index (χ0n) is 11.4. The molecule has 2 fully saturated rings. The molecule has 2 unspecified atom stereocenters. The number of rotatable bonds is 2. The molecule has 5 heteroatoms. The Balaban J connectivity index is 2.03. The Morgan fingerprint density at radius 3 is 2.80 bits per heavy atom. The van der Waals surface area contributed by atoms with Gasteiger partial charge in [0.1, 0.15) is 12.1 Å². The molecule has 2 heterocycles. The Kier molecular flexibility index (Phi) is 3.42. The van der Waals surface area contributed by atoms with Crippen molar-refractivity contribution in [3.8, 4) is 0 Å². The molecule has 1 aromatic rings. The van der Waals surface area contributed by atoms with Crippen molar-refractivity contribution < 1.29 is 9.59 Å². The SMILES string of the molecule is CCC1C(=O)N2CCCC2C(=O)N1c1cccc(Cl)c1. The van der Waals surface area contributed by atoms with Gasteiger partial charge in [-0.1, -0.05) is 24.6 Å². The summed E-state index contributed by atoms with van der Waals surface area (Å²) in [5, 5.41) is 0.575. The van der Waals surface area contributed by atoms with Crippen LogP contribution in [0, 0.1) is 0 Å². The highest BCUT2D eigenvalue weighted by molar-refractivity contribution is 6.31. The number of piperazine rings is 1. The van der Waals surface area contributed by atoms with Gasteiger partial charge < -0.3 is 4.90 Å². The molecule has 0 bridgehead atoms. The highest BCUT2D eigenvalue weighted by atomic mass is 35.5. The number of anilines is 1. The molecule has 20 heavy (non-hydrogen) atoms. The van der Waals surface area contributed by atoms with Gasteiger partial charge in [0.15, 0.2) is 0 Å². The second-order valence-corrected chi connectivity index (χ2v) is 5.74. The molecule has 2 aliphatic heterocycles. The number of amides is 2. The number of hydrogen-bond acceptors (Lipinski definition) is 2. The molecule has 0 spiro atoms. The van der Waals surface area contributed by atoms with Gasteiger partial charge in [-0.15, -0.1) is 0 Å². The van der Waals surface area contributed by atoms with Crippen LogP contribution < -0.4 is 4.90 Å². The van der Waals surface area contributed by atoms with Crippen molar-refractivity contribution in [2.45, 2.75) is 38.3 Å². The van der Waals surface area contributed by atoms with E-state index in [0.717, 1.165) is 12.8 Å². The summed E-state index contributed by atoms with van der Waals surface area (Å²) >= 11 is 6.02. The average molecular weight is 293 g/mol. The topological polar surface area (TPSA) is 40.6 Å². The Morgan fingerprint density at radius 2 is 2.10 bits per heavy atom. The summed E-state index contributed by atoms with van der Waals surface area (Å²) in [5.74, 6) is 0.0887. The van der Waals surface area contributed by atoms with Crippen LogP contribution in [0.2, 0.25) is 5.02 Å². The molecule has 2 amide bonds. The fourth-order valence-corrected chi connectivity index (χ4v) is 3.38. The highest BCUT2D eigenvalue weighted by Gasteiger charge is 2.47. The minimum atomic E-state index is -0.407. The molecule has 0 aliphatic carbocycles. The van der Waals surface area contributed by atoms with Gasteiger partial charge in [0, 0.05) is 17.3 Å². The first-order valence-corrected chi connectivity index (χ1v) is 7.40.